The Bertz CT molecular complexity index is 524. The maximum absolute atomic E-state index is 4.96. The molecule has 4 aliphatic carbocycles. The van der Waals surface area contributed by atoms with E-state index in [1.165, 1.54) is 56.5 Å². The number of anilines is 1. The van der Waals surface area contributed by atoms with Crippen LogP contribution in [0, 0.1) is 23.2 Å². The summed E-state index contributed by atoms with van der Waals surface area (Å²) in [5, 5.41) is 8.54. The molecule has 114 valence electrons. The van der Waals surface area contributed by atoms with Gasteiger partial charge in [-0.15, -0.1) is 0 Å². The molecule has 1 aromatic heterocycles. The van der Waals surface area contributed by atoms with Crippen molar-refractivity contribution < 1.29 is 0 Å². The van der Waals surface area contributed by atoms with Gasteiger partial charge in [0.15, 0.2) is 0 Å². The highest BCUT2D eigenvalue weighted by Gasteiger charge is 2.55. The Hall–Kier alpha value is -0.990. The molecule has 5 aliphatic rings. The molecule has 0 spiro atoms. The molecule has 1 aromatic rings. The molecule has 1 aliphatic heterocycles. The molecule has 0 radical (unpaired) electrons. The van der Waals surface area contributed by atoms with Crippen molar-refractivity contribution in [3.63, 3.8) is 0 Å². The van der Waals surface area contributed by atoms with Gasteiger partial charge in [0.2, 0.25) is 0 Å². The first-order chi connectivity index (χ1) is 10.3. The third-order valence-electron chi connectivity index (χ3n) is 6.96. The molecular formula is C18H27N3. The summed E-state index contributed by atoms with van der Waals surface area (Å²) in [5.41, 5.74) is 1.84. The number of fused-ring (bicyclic) bond motifs is 1. The van der Waals surface area contributed by atoms with Gasteiger partial charge < -0.3 is 5.32 Å². The van der Waals surface area contributed by atoms with Crippen LogP contribution in [0.3, 0.4) is 0 Å². The molecule has 3 heteroatoms. The van der Waals surface area contributed by atoms with Gasteiger partial charge in [-0.3, -0.25) is 0 Å². The van der Waals surface area contributed by atoms with Crippen molar-refractivity contribution >= 4 is 5.82 Å². The highest BCUT2D eigenvalue weighted by molar-refractivity contribution is 5.40. The van der Waals surface area contributed by atoms with E-state index in [1.807, 2.05) is 0 Å². The number of rotatable bonds is 2. The van der Waals surface area contributed by atoms with Crippen LogP contribution in [-0.4, -0.2) is 16.3 Å². The van der Waals surface area contributed by atoms with Gasteiger partial charge in [0.1, 0.15) is 5.82 Å². The normalized spacial score (nSPS) is 43.7. The molecular weight excluding hydrogens is 258 g/mol. The summed E-state index contributed by atoms with van der Waals surface area (Å²) in [5.74, 6) is 4.40. The fraction of sp³-hybridized carbons (Fsp3) is 0.833. The summed E-state index contributed by atoms with van der Waals surface area (Å²) in [7, 11) is 0. The molecule has 1 unspecified atom stereocenters. The van der Waals surface area contributed by atoms with Crippen LogP contribution in [0.1, 0.15) is 63.6 Å². The zero-order chi connectivity index (χ0) is 14.0. The standard InChI is InChI=1S/C18H27N3/c1-2-15-8-17-19-4-3-16(21(17)20-15)18-9-12-5-13(10-18)7-14(6-12)11-18/h8,12-14,16,19H,2-7,9-11H2,1H3. The molecule has 0 amide bonds. The molecule has 0 aromatic carbocycles. The van der Waals surface area contributed by atoms with Crippen LogP contribution in [0.4, 0.5) is 5.82 Å². The van der Waals surface area contributed by atoms with Crippen molar-refractivity contribution in [2.75, 3.05) is 11.9 Å². The summed E-state index contributed by atoms with van der Waals surface area (Å²) in [6.45, 7) is 3.36. The summed E-state index contributed by atoms with van der Waals surface area (Å²) < 4.78 is 2.40. The summed E-state index contributed by atoms with van der Waals surface area (Å²) in [6, 6.07) is 2.95. The highest BCUT2D eigenvalue weighted by Crippen LogP contribution is 2.64. The Balaban J connectivity index is 1.55. The Morgan fingerprint density at radius 1 is 1.19 bits per heavy atom. The van der Waals surface area contributed by atoms with Crippen LogP contribution < -0.4 is 5.32 Å². The fourth-order valence-corrected chi connectivity index (χ4v) is 6.60. The SMILES string of the molecule is CCc1cc2n(n1)C(C13CC4CC(CC(C4)C1)C3)CCN2. The molecule has 1 atom stereocenters. The van der Waals surface area contributed by atoms with E-state index in [0.29, 0.717) is 11.5 Å². The van der Waals surface area contributed by atoms with Crippen LogP contribution in [0.25, 0.3) is 0 Å². The van der Waals surface area contributed by atoms with Crippen LogP contribution in [0.5, 0.6) is 0 Å². The van der Waals surface area contributed by atoms with Crippen molar-refractivity contribution in [1.82, 2.24) is 9.78 Å². The predicted octanol–water partition coefficient (Wildman–Crippen LogP) is 4.02. The molecule has 6 rings (SSSR count). The first-order valence-electron chi connectivity index (χ1n) is 9.08. The lowest BCUT2D eigenvalue weighted by Crippen LogP contribution is -2.51. The average Bonchev–Trinajstić information content (AvgIpc) is 2.88. The minimum absolute atomic E-state index is 0.586. The topological polar surface area (TPSA) is 29.9 Å². The first kappa shape index (κ1) is 12.5. The number of aryl methyl sites for hydroxylation is 1. The van der Waals surface area contributed by atoms with Gasteiger partial charge in [0.05, 0.1) is 11.7 Å². The number of aromatic nitrogens is 2. The molecule has 0 saturated heterocycles. The van der Waals surface area contributed by atoms with Gasteiger partial charge in [-0.05, 0) is 74.5 Å². The van der Waals surface area contributed by atoms with E-state index >= 15 is 0 Å². The number of hydrogen-bond acceptors (Lipinski definition) is 2. The van der Waals surface area contributed by atoms with E-state index in [0.717, 1.165) is 30.7 Å². The van der Waals surface area contributed by atoms with Crippen molar-refractivity contribution in [2.24, 2.45) is 23.2 Å². The molecule has 4 bridgehead atoms. The first-order valence-corrected chi connectivity index (χ1v) is 9.08. The fourth-order valence-electron chi connectivity index (χ4n) is 6.60. The summed E-state index contributed by atoms with van der Waals surface area (Å²) >= 11 is 0. The van der Waals surface area contributed by atoms with Gasteiger partial charge in [0.25, 0.3) is 0 Å². The van der Waals surface area contributed by atoms with Gasteiger partial charge >= 0.3 is 0 Å². The van der Waals surface area contributed by atoms with E-state index in [4.69, 9.17) is 5.10 Å². The Kier molecular flexibility index (Phi) is 2.55. The maximum atomic E-state index is 4.96. The lowest BCUT2D eigenvalue weighted by molar-refractivity contribution is -0.0868. The molecule has 4 saturated carbocycles. The quantitative estimate of drug-likeness (QED) is 0.889. The molecule has 3 nitrogen and oxygen atoms in total. The second-order valence-electron chi connectivity index (χ2n) is 8.33. The van der Waals surface area contributed by atoms with E-state index in [2.05, 4.69) is 23.0 Å². The van der Waals surface area contributed by atoms with E-state index in [9.17, 15) is 0 Å². The van der Waals surface area contributed by atoms with Gasteiger partial charge in [-0.1, -0.05) is 6.92 Å². The van der Waals surface area contributed by atoms with Crippen molar-refractivity contribution in [3.05, 3.63) is 11.8 Å². The van der Waals surface area contributed by atoms with Crippen molar-refractivity contribution in [3.8, 4) is 0 Å². The predicted molar refractivity (Wildman–Crippen MR) is 84.4 cm³/mol. The second kappa shape index (κ2) is 4.27. The zero-order valence-electron chi connectivity index (χ0n) is 13.1. The molecule has 1 N–H and O–H groups in total. The highest BCUT2D eigenvalue weighted by atomic mass is 15.4. The minimum atomic E-state index is 0.586. The Labute approximate surface area is 127 Å². The average molecular weight is 285 g/mol. The van der Waals surface area contributed by atoms with Gasteiger partial charge in [0, 0.05) is 12.6 Å². The van der Waals surface area contributed by atoms with E-state index < -0.39 is 0 Å². The largest absolute Gasteiger partial charge is 0.370 e. The number of nitrogens with zero attached hydrogens (tertiary/aromatic N) is 2. The number of hydrogen-bond donors (Lipinski definition) is 1. The molecule has 4 fully saturated rings. The van der Waals surface area contributed by atoms with Gasteiger partial charge in [-0.2, -0.15) is 5.10 Å². The van der Waals surface area contributed by atoms with Crippen LogP contribution in [-0.2, 0) is 6.42 Å². The van der Waals surface area contributed by atoms with E-state index in [1.54, 1.807) is 0 Å². The van der Waals surface area contributed by atoms with Crippen molar-refractivity contribution in [1.29, 1.82) is 0 Å². The Morgan fingerprint density at radius 2 is 1.86 bits per heavy atom. The summed E-state index contributed by atoms with van der Waals surface area (Å²) in [6.07, 6.45) is 11.4. The van der Waals surface area contributed by atoms with Crippen LogP contribution in [0.2, 0.25) is 0 Å². The molecule has 2 heterocycles. The molecule has 21 heavy (non-hydrogen) atoms. The van der Waals surface area contributed by atoms with E-state index in [-0.39, 0.29) is 0 Å². The maximum Gasteiger partial charge on any atom is 0.124 e. The monoisotopic (exact) mass is 285 g/mol. The third-order valence-corrected chi connectivity index (χ3v) is 6.96. The smallest absolute Gasteiger partial charge is 0.124 e. The lowest BCUT2D eigenvalue weighted by Gasteiger charge is -2.60. The summed E-state index contributed by atoms with van der Waals surface area (Å²) in [4.78, 5) is 0. The van der Waals surface area contributed by atoms with Crippen molar-refractivity contribution in [2.45, 2.75) is 64.3 Å². The zero-order valence-corrected chi connectivity index (χ0v) is 13.1. The lowest BCUT2D eigenvalue weighted by atomic mass is 9.47. The minimum Gasteiger partial charge on any atom is -0.370 e. The van der Waals surface area contributed by atoms with Gasteiger partial charge in [-0.25, -0.2) is 4.68 Å². The number of nitrogens with one attached hydrogen (secondary N) is 1. The second-order valence-corrected chi connectivity index (χ2v) is 8.33. The van der Waals surface area contributed by atoms with Crippen LogP contribution in [0.15, 0.2) is 6.07 Å². The van der Waals surface area contributed by atoms with Crippen LogP contribution >= 0.6 is 0 Å². The Morgan fingerprint density at radius 3 is 2.48 bits per heavy atom. The third kappa shape index (κ3) is 1.75.